The SMILES string of the molecule is O=S(=O)(Nc1cccnc1Cl)c1ccccn1. The van der Waals surface area contributed by atoms with Gasteiger partial charge in [-0.2, -0.15) is 8.42 Å². The van der Waals surface area contributed by atoms with E-state index >= 15 is 0 Å². The van der Waals surface area contributed by atoms with Crippen molar-refractivity contribution in [3.05, 3.63) is 47.9 Å². The van der Waals surface area contributed by atoms with E-state index in [2.05, 4.69) is 14.7 Å². The summed E-state index contributed by atoms with van der Waals surface area (Å²) in [5, 5.41) is 0.0203. The summed E-state index contributed by atoms with van der Waals surface area (Å²) in [5.74, 6) is 0. The molecule has 0 atom stereocenters. The Morgan fingerprint density at radius 2 is 1.82 bits per heavy atom. The zero-order valence-electron chi connectivity index (χ0n) is 8.54. The van der Waals surface area contributed by atoms with Gasteiger partial charge in [-0.1, -0.05) is 17.7 Å². The largest absolute Gasteiger partial charge is 0.279 e. The molecule has 5 nitrogen and oxygen atoms in total. The Kier molecular flexibility index (Phi) is 3.26. The Morgan fingerprint density at radius 1 is 1.06 bits per heavy atom. The molecule has 0 fully saturated rings. The Hall–Kier alpha value is -1.66. The maximum absolute atomic E-state index is 11.9. The van der Waals surface area contributed by atoms with Gasteiger partial charge in [0.1, 0.15) is 0 Å². The summed E-state index contributed by atoms with van der Waals surface area (Å²) in [7, 11) is -3.72. The average molecular weight is 270 g/mol. The topological polar surface area (TPSA) is 72.0 Å². The van der Waals surface area contributed by atoms with Crippen molar-refractivity contribution in [3.8, 4) is 0 Å². The molecule has 0 saturated heterocycles. The van der Waals surface area contributed by atoms with E-state index in [1.165, 1.54) is 24.5 Å². The van der Waals surface area contributed by atoms with Crippen molar-refractivity contribution in [2.24, 2.45) is 0 Å². The van der Waals surface area contributed by atoms with E-state index in [0.717, 1.165) is 0 Å². The molecule has 2 heterocycles. The van der Waals surface area contributed by atoms with Crippen LogP contribution >= 0.6 is 11.6 Å². The highest BCUT2D eigenvalue weighted by molar-refractivity contribution is 7.92. The number of hydrogen-bond donors (Lipinski definition) is 1. The highest BCUT2D eigenvalue weighted by atomic mass is 35.5. The van der Waals surface area contributed by atoms with Gasteiger partial charge in [0.2, 0.25) is 0 Å². The molecule has 0 bridgehead atoms. The molecule has 17 heavy (non-hydrogen) atoms. The first-order chi connectivity index (χ1) is 8.09. The Balaban J connectivity index is 2.34. The number of pyridine rings is 2. The molecule has 7 heteroatoms. The van der Waals surface area contributed by atoms with Crippen LogP contribution in [0.3, 0.4) is 0 Å². The van der Waals surface area contributed by atoms with Crippen molar-refractivity contribution < 1.29 is 8.42 Å². The van der Waals surface area contributed by atoms with Crippen LogP contribution in [0.15, 0.2) is 47.8 Å². The smallest absolute Gasteiger partial charge is 0.275 e. The normalized spacial score (nSPS) is 11.1. The number of rotatable bonds is 3. The monoisotopic (exact) mass is 269 g/mol. The zero-order valence-corrected chi connectivity index (χ0v) is 10.1. The first kappa shape index (κ1) is 11.8. The quantitative estimate of drug-likeness (QED) is 0.864. The van der Waals surface area contributed by atoms with Crippen LogP contribution in [0.5, 0.6) is 0 Å². The maximum Gasteiger partial charge on any atom is 0.279 e. The van der Waals surface area contributed by atoms with Crippen molar-refractivity contribution in [3.63, 3.8) is 0 Å². The summed E-state index contributed by atoms with van der Waals surface area (Å²) in [6.45, 7) is 0. The molecule has 0 aliphatic heterocycles. The van der Waals surface area contributed by atoms with Crippen LogP contribution in [0, 0.1) is 0 Å². The third-order valence-electron chi connectivity index (χ3n) is 1.92. The van der Waals surface area contributed by atoms with Crippen LogP contribution in [-0.2, 0) is 10.0 Å². The number of aromatic nitrogens is 2. The highest BCUT2D eigenvalue weighted by Crippen LogP contribution is 2.20. The molecule has 0 spiro atoms. The van der Waals surface area contributed by atoms with E-state index in [9.17, 15) is 8.42 Å². The second-order valence-electron chi connectivity index (χ2n) is 3.12. The molecule has 1 N–H and O–H groups in total. The number of halogens is 1. The average Bonchev–Trinajstić information content (AvgIpc) is 2.33. The molecular formula is C10H8ClN3O2S. The minimum Gasteiger partial charge on any atom is -0.275 e. The number of hydrogen-bond acceptors (Lipinski definition) is 4. The van der Waals surface area contributed by atoms with Crippen molar-refractivity contribution in [2.75, 3.05) is 4.72 Å². The van der Waals surface area contributed by atoms with Crippen LogP contribution in [0.1, 0.15) is 0 Å². The second kappa shape index (κ2) is 4.68. The maximum atomic E-state index is 11.9. The van der Waals surface area contributed by atoms with E-state index in [-0.39, 0.29) is 15.9 Å². The highest BCUT2D eigenvalue weighted by Gasteiger charge is 2.16. The third kappa shape index (κ3) is 2.72. The van der Waals surface area contributed by atoms with Gasteiger partial charge in [0.05, 0.1) is 5.69 Å². The predicted molar refractivity (Wildman–Crippen MR) is 64.3 cm³/mol. The molecule has 0 saturated carbocycles. The number of sulfonamides is 1. The molecule has 0 radical (unpaired) electrons. The number of nitrogens with one attached hydrogen (secondary N) is 1. The minimum absolute atomic E-state index is 0.0695. The van der Waals surface area contributed by atoms with Gasteiger partial charge < -0.3 is 0 Å². The fraction of sp³-hybridized carbons (Fsp3) is 0. The van der Waals surface area contributed by atoms with Crippen molar-refractivity contribution >= 4 is 27.3 Å². The van der Waals surface area contributed by atoms with Gasteiger partial charge in [0.25, 0.3) is 10.0 Å². The third-order valence-corrected chi connectivity index (χ3v) is 3.50. The summed E-state index contributed by atoms with van der Waals surface area (Å²) < 4.78 is 26.1. The van der Waals surface area contributed by atoms with Gasteiger partial charge in [0, 0.05) is 12.4 Å². The lowest BCUT2D eigenvalue weighted by Gasteiger charge is -2.07. The van der Waals surface area contributed by atoms with Gasteiger partial charge in [-0.3, -0.25) is 4.72 Å². The molecule has 2 aromatic heterocycles. The van der Waals surface area contributed by atoms with Crippen LogP contribution in [-0.4, -0.2) is 18.4 Å². The van der Waals surface area contributed by atoms with E-state index in [1.54, 1.807) is 18.2 Å². The molecule has 0 aliphatic rings. The Labute approximate surface area is 104 Å². The summed E-state index contributed by atoms with van der Waals surface area (Å²) in [6.07, 6.45) is 2.88. The molecule has 2 rings (SSSR count). The zero-order chi connectivity index (χ0) is 12.3. The first-order valence-corrected chi connectivity index (χ1v) is 6.50. The summed E-state index contributed by atoms with van der Waals surface area (Å²) in [6, 6.07) is 7.73. The Bertz CT molecular complexity index is 616. The van der Waals surface area contributed by atoms with E-state index in [0.29, 0.717) is 0 Å². The molecule has 88 valence electrons. The molecule has 0 aliphatic carbocycles. The summed E-state index contributed by atoms with van der Waals surface area (Å²) in [5.41, 5.74) is 0.222. The lowest BCUT2D eigenvalue weighted by molar-refractivity contribution is 0.597. The van der Waals surface area contributed by atoms with Crippen molar-refractivity contribution in [1.29, 1.82) is 0 Å². The standard InChI is InChI=1S/C10H8ClN3O2S/c11-10-8(4-3-7-13-10)14-17(15,16)9-5-1-2-6-12-9/h1-7,14H. The van der Waals surface area contributed by atoms with Gasteiger partial charge >= 0.3 is 0 Å². The van der Waals surface area contributed by atoms with Crippen LogP contribution in [0.2, 0.25) is 5.15 Å². The second-order valence-corrected chi connectivity index (χ2v) is 5.10. The molecular weight excluding hydrogens is 262 g/mol. The fourth-order valence-electron chi connectivity index (χ4n) is 1.17. The van der Waals surface area contributed by atoms with E-state index < -0.39 is 10.0 Å². The first-order valence-electron chi connectivity index (χ1n) is 4.64. The molecule has 0 amide bonds. The Morgan fingerprint density at radius 3 is 2.47 bits per heavy atom. The summed E-state index contributed by atoms with van der Waals surface area (Å²) >= 11 is 5.76. The van der Waals surface area contributed by atoms with Gasteiger partial charge in [-0.25, -0.2) is 9.97 Å². The molecule has 0 aromatic carbocycles. The van der Waals surface area contributed by atoms with Crippen LogP contribution in [0.4, 0.5) is 5.69 Å². The van der Waals surface area contributed by atoms with Gasteiger partial charge in [0.15, 0.2) is 10.2 Å². The van der Waals surface area contributed by atoms with Crippen LogP contribution in [0.25, 0.3) is 0 Å². The minimum atomic E-state index is -3.72. The van der Waals surface area contributed by atoms with Gasteiger partial charge in [-0.15, -0.1) is 0 Å². The molecule has 0 unspecified atom stereocenters. The van der Waals surface area contributed by atoms with Crippen molar-refractivity contribution in [1.82, 2.24) is 9.97 Å². The van der Waals surface area contributed by atoms with E-state index in [4.69, 9.17) is 11.6 Å². The fourth-order valence-corrected chi connectivity index (χ4v) is 2.40. The van der Waals surface area contributed by atoms with Crippen molar-refractivity contribution in [2.45, 2.75) is 5.03 Å². The van der Waals surface area contributed by atoms with Crippen LogP contribution < -0.4 is 4.72 Å². The number of nitrogens with zero attached hydrogens (tertiary/aromatic N) is 2. The predicted octanol–water partition coefficient (Wildman–Crippen LogP) is 1.93. The number of anilines is 1. The lowest BCUT2D eigenvalue weighted by atomic mass is 10.4. The lowest BCUT2D eigenvalue weighted by Crippen LogP contribution is -2.14. The van der Waals surface area contributed by atoms with Gasteiger partial charge in [-0.05, 0) is 24.3 Å². The summed E-state index contributed by atoms with van der Waals surface area (Å²) in [4.78, 5) is 7.54. The molecule has 2 aromatic rings. The van der Waals surface area contributed by atoms with E-state index in [1.807, 2.05) is 0 Å².